The van der Waals surface area contributed by atoms with Gasteiger partial charge in [-0.1, -0.05) is 115 Å². The first kappa shape index (κ1) is 30.9. The Hall–Kier alpha value is -7.87. The Kier molecular flexibility index (Phi) is 7.11. The molecule has 10 rings (SSSR count). The van der Waals surface area contributed by atoms with E-state index in [2.05, 4.69) is 74.6 Å². The molecule has 0 saturated heterocycles. The molecule has 0 spiro atoms. The molecule has 7 nitrogen and oxygen atoms in total. The maximum absolute atomic E-state index is 10.8. The first-order valence-corrected chi connectivity index (χ1v) is 17.6. The molecule has 0 radical (unpaired) electrons. The van der Waals surface area contributed by atoms with Crippen LogP contribution in [0, 0.1) is 17.9 Å². The van der Waals surface area contributed by atoms with E-state index in [0.717, 1.165) is 71.7 Å². The molecule has 0 aliphatic rings. The van der Waals surface area contributed by atoms with Gasteiger partial charge in [0.25, 0.3) is 0 Å². The molecule has 0 saturated carbocycles. The number of fused-ring (bicyclic) bond motifs is 7. The molecule has 0 N–H and O–H groups in total. The zero-order valence-corrected chi connectivity index (χ0v) is 28.7. The van der Waals surface area contributed by atoms with Crippen LogP contribution in [0.2, 0.25) is 0 Å². The summed E-state index contributed by atoms with van der Waals surface area (Å²) in [4.78, 5) is 18.3. The number of aromatic nitrogens is 5. The van der Waals surface area contributed by atoms with Crippen LogP contribution in [-0.2, 0) is 0 Å². The maximum Gasteiger partial charge on any atom is 0.187 e. The van der Waals surface area contributed by atoms with Crippen LogP contribution in [-0.4, -0.2) is 24.1 Å². The molecule has 0 aliphatic heterocycles. The highest BCUT2D eigenvalue weighted by Gasteiger charge is 2.22. The van der Waals surface area contributed by atoms with Gasteiger partial charge < -0.3 is 9.13 Å². The quantitative estimate of drug-likeness (QED) is 0.169. The molecule has 54 heavy (non-hydrogen) atoms. The molecule has 3 aromatic heterocycles. The van der Waals surface area contributed by atoms with Gasteiger partial charge in [0.05, 0.1) is 39.9 Å². The number of rotatable bonds is 5. The number of nitrogens with zero attached hydrogens (tertiary/aromatic N) is 7. The Morgan fingerprint density at radius 2 is 1.07 bits per heavy atom. The smallest absolute Gasteiger partial charge is 0.187 e. The Balaban J connectivity index is 1.23. The van der Waals surface area contributed by atoms with E-state index in [1.165, 1.54) is 0 Å². The molecular weight excluding hydrogens is 663 g/mol. The lowest BCUT2D eigenvalue weighted by molar-refractivity contribution is 1.07. The summed E-state index contributed by atoms with van der Waals surface area (Å²) in [5.74, 6) is 1.61. The molecule has 7 aromatic carbocycles. The van der Waals surface area contributed by atoms with Crippen molar-refractivity contribution in [1.82, 2.24) is 24.1 Å². The lowest BCUT2D eigenvalue weighted by atomic mass is 10.1. The van der Waals surface area contributed by atoms with Gasteiger partial charge >= 0.3 is 0 Å². The van der Waals surface area contributed by atoms with Crippen molar-refractivity contribution >= 4 is 49.3 Å². The van der Waals surface area contributed by atoms with Crippen molar-refractivity contribution in [3.05, 3.63) is 181 Å². The molecule has 0 aliphatic carbocycles. The number of hydrogen-bond donors (Lipinski definition) is 0. The molecule has 0 atom stereocenters. The van der Waals surface area contributed by atoms with Crippen LogP contribution in [0.5, 0.6) is 0 Å². The Labute approximate surface area is 310 Å². The summed E-state index contributed by atoms with van der Waals surface area (Å²) in [6, 6.07) is 57.0. The van der Waals surface area contributed by atoms with Crippen LogP contribution in [0.3, 0.4) is 0 Å². The third-order valence-electron chi connectivity index (χ3n) is 10.0. The minimum atomic E-state index is 0.489. The Morgan fingerprint density at radius 1 is 0.500 bits per heavy atom. The van der Waals surface area contributed by atoms with Crippen LogP contribution in [0.1, 0.15) is 5.56 Å². The number of benzene rings is 7. The van der Waals surface area contributed by atoms with Crippen molar-refractivity contribution in [2.45, 2.75) is 0 Å². The fraction of sp³-hybridized carbons (Fsp3) is 0. The maximum atomic E-state index is 10.8. The zero-order valence-electron chi connectivity index (χ0n) is 28.7. The van der Waals surface area contributed by atoms with Crippen molar-refractivity contribution in [2.24, 2.45) is 0 Å². The summed E-state index contributed by atoms with van der Waals surface area (Å²) >= 11 is 0. The van der Waals surface area contributed by atoms with Gasteiger partial charge in [-0.05, 0) is 48.5 Å². The summed E-state index contributed by atoms with van der Waals surface area (Å²) in [7, 11) is 0. The predicted molar refractivity (Wildman–Crippen MR) is 216 cm³/mol. The SMILES string of the molecule is [C-]#[N+]c1ccc(-n2c3ccccc3c3c2ccc2c4ccccc4n(-c4ccc(-c5nc(-c6ccccc6)nc(-c6ccccc6)n5)cc4C#N)c23)cc1. The zero-order chi connectivity index (χ0) is 36.2. The number of nitriles is 1. The summed E-state index contributed by atoms with van der Waals surface area (Å²) in [6.45, 7) is 7.47. The van der Waals surface area contributed by atoms with Crippen LogP contribution in [0.4, 0.5) is 5.69 Å². The minimum Gasteiger partial charge on any atom is -0.309 e. The third kappa shape index (κ3) is 4.85. The van der Waals surface area contributed by atoms with Crippen LogP contribution >= 0.6 is 0 Å². The number of hydrogen-bond acceptors (Lipinski definition) is 4. The topological polar surface area (TPSA) is 76.7 Å². The van der Waals surface area contributed by atoms with Crippen molar-refractivity contribution in [1.29, 1.82) is 5.26 Å². The van der Waals surface area contributed by atoms with E-state index < -0.39 is 0 Å². The fourth-order valence-electron chi connectivity index (χ4n) is 7.61. The van der Waals surface area contributed by atoms with E-state index in [4.69, 9.17) is 21.5 Å². The molecule has 3 heterocycles. The summed E-state index contributed by atoms with van der Waals surface area (Å²) in [6.07, 6.45) is 0. The average Bonchev–Trinajstić information content (AvgIpc) is 3.77. The molecule has 7 heteroatoms. The first-order valence-electron chi connectivity index (χ1n) is 17.6. The van der Waals surface area contributed by atoms with Crippen molar-refractivity contribution in [3.8, 4) is 51.6 Å². The van der Waals surface area contributed by atoms with E-state index in [9.17, 15) is 5.26 Å². The largest absolute Gasteiger partial charge is 0.309 e. The molecule has 0 bridgehead atoms. The van der Waals surface area contributed by atoms with Crippen LogP contribution < -0.4 is 0 Å². The van der Waals surface area contributed by atoms with Gasteiger partial charge in [0.15, 0.2) is 23.2 Å². The molecule has 0 amide bonds. The lowest BCUT2D eigenvalue weighted by Gasteiger charge is -2.13. The van der Waals surface area contributed by atoms with Crippen LogP contribution in [0.15, 0.2) is 164 Å². The van der Waals surface area contributed by atoms with Gasteiger partial charge in [-0.2, -0.15) is 5.26 Å². The van der Waals surface area contributed by atoms with E-state index in [-0.39, 0.29) is 0 Å². The van der Waals surface area contributed by atoms with E-state index in [0.29, 0.717) is 28.7 Å². The molecule has 10 aromatic rings. The van der Waals surface area contributed by atoms with E-state index >= 15 is 0 Å². The van der Waals surface area contributed by atoms with Gasteiger partial charge in [0, 0.05) is 43.9 Å². The van der Waals surface area contributed by atoms with Crippen molar-refractivity contribution < 1.29 is 0 Å². The highest BCUT2D eigenvalue weighted by Crippen LogP contribution is 2.42. The minimum absolute atomic E-state index is 0.489. The van der Waals surface area contributed by atoms with Gasteiger partial charge in [0.1, 0.15) is 6.07 Å². The van der Waals surface area contributed by atoms with Gasteiger partial charge in [-0.3, -0.25) is 0 Å². The molecular formula is C47H27N7. The highest BCUT2D eigenvalue weighted by atomic mass is 15.0. The second-order valence-electron chi connectivity index (χ2n) is 13.1. The fourth-order valence-corrected chi connectivity index (χ4v) is 7.61. The Morgan fingerprint density at radius 3 is 1.70 bits per heavy atom. The van der Waals surface area contributed by atoms with E-state index in [1.807, 2.05) is 109 Å². The molecule has 0 unspecified atom stereocenters. The monoisotopic (exact) mass is 689 g/mol. The standard InChI is InChI=1S/C47H27N7/c1-49-34-21-23-35(24-22-34)53-41-19-11-9-17-38(41)43-42(53)27-25-37-36-16-8-10-18-40(36)54(44(37)43)39-26-20-32(28-33(39)29-48)47-51-45(30-12-4-2-5-13-30)50-46(52-47)31-14-6-3-7-15-31/h2-28H. The first-order chi connectivity index (χ1) is 26.7. The predicted octanol–water partition coefficient (Wildman–Crippen LogP) is 11.5. The average molecular weight is 690 g/mol. The second kappa shape index (κ2) is 12.4. The van der Waals surface area contributed by atoms with Crippen LogP contribution in [0.25, 0.3) is 94.0 Å². The third-order valence-corrected chi connectivity index (χ3v) is 10.0. The number of para-hydroxylation sites is 2. The van der Waals surface area contributed by atoms with E-state index in [1.54, 1.807) is 0 Å². The molecule has 0 fully saturated rings. The lowest BCUT2D eigenvalue weighted by Crippen LogP contribution is -2.02. The van der Waals surface area contributed by atoms with Gasteiger partial charge in [-0.15, -0.1) is 0 Å². The van der Waals surface area contributed by atoms with Gasteiger partial charge in [-0.25, -0.2) is 19.8 Å². The highest BCUT2D eigenvalue weighted by molar-refractivity contribution is 6.26. The van der Waals surface area contributed by atoms with Crippen molar-refractivity contribution in [3.63, 3.8) is 0 Å². The van der Waals surface area contributed by atoms with Crippen molar-refractivity contribution in [2.75, 3.05) is 0 Å². The molecule has 250 valence electrons. The second-order valence-corrected chi connectivity index (χ2v) is 13.1. The summed E-state index contributed by atoms with van der Waals surface area (Å²) in [5, 5.41) is 15.2. The normalized spacial score (nSPS) is 11.3. The summed E-state index contributed by atoms with van der Waals surface area (Å²) < 4.78 is 4.48. The Bertz CT molecular complexity index is 3110. The summed E-state index contributed by atoms with van der Waals surface area (Å²) in [5.41, 5.74) is 9.41. The van der Waals surface area contributed by atoms with Gasteiger partial charge in [0.2, 0.25) is 0 Å².